The predicted molar refractivity (Wildman–Crippen MR) is 90.6 cm³/mol. The molecule has 0 bridgehead atoms. The number of phenolic OH excluding ortho intramolecular Hbond substituents is 3. The minimum Gasteiger partial charge on any atom is -0.508 e. The van der Waals surface area contributed by atoms with E-state index in [0.717, 1.165) is 0 Å². The first-order chi connectivity index (χ1) is 11.4. The molecule has 0 aliphatic carbocycles. The lowest BCUT2D eigenvalue weighted by Gasteiger charge is -1.99. The Hall–Kier alpha value is -3.34. The van der Waals surface area contributed by atoms with Crippen LogP contribution in [0.15, 0.2) is 54.6 Å². The average molecular weight is 324 g/mol. The maximum Gasteiger partial charge on any atom is 0.163 e. The highest BCUT2D eigenvalue weighted by molar-refractivity contribution is 6.10. The number of hydrogen-bond donors (Lipinski definition) is 3. The van der Waals surface area contributed by atoms with E-state index in [9.17, 15) is 24.9 Å². The molecule has 122 valence electrons. The Balaban J connectivity index is 1.95. The second kappa shape index (κ2) is 7.78. The first-order valence-electron chi connectivity index (χ1n) is 7.17. The predicted octanol–water partition coefficient (Wildman–Crippen LogP) is 3.06. The van der Waals surface area contributed by atoms with E-state index in [4.69, 9.17) is 0 Å². The van der Waals surface area contributed by atoms with Gasteiger partial charge in [-0.15, -0.1) is 0 Å². The number of allylic oxidation sites excluding steroid dienone is 2. The maximum atomic E-state index is 11.8. The van der Waals surface area contributed by atoms with Crippen molar-refractivity contribution >= 4 is 23.7 Å². The zero-order valence-corrected chi connectivity index (χ0v) is 12.7. The number of aromatic hydroxyl groups is 3. The van der Waals surface area contributed by atoms with Gasteiger partial charge in [0.1, 0.15) is 17.2 Å². The summed E-state index contributed by atoms with van der Waals surface area (Å²) in [4.78, 5) is 23.5. The molecular weight excluding hydrogens is 308 g/mol. The fraction of sp³-hybridized carbons (Fsp3) is 0.0526. The number of carbonyl (C=O) groups is 2. The molecule has 2 aromatic rings. The van der Waals surface area contributed by atoms with Crippen LogP contribution in [-0.2, 0) is 9.59 Å². The van der Waals surface area contributed by atoms with Gasteiger partial charge in [-0.25, -0.2) is 0 Å². The quantitative estimate of drug-likeness (QED) is 0.431. The zero-order chi connectivity index (χ0) is 17.5. The summed E-state index contributed by atoms with van der Waals surface area (Å²) in [5, 5.41) is 28.2. The minimum atomic E-state index is -0.427. The van der Waals surface area contributed by atoms with Gasteiger partial charge in [0.05, 0.1) is 6.42 Å². The molecule has 3 N–H and O–H groups in total. The normalized spacial score (nSPS) is 11.2. The Morgan fingerprint density at radius 3 is 2.21 bits per heavy atom. The molecule has 24 heavy (non-hydrogen) atoms. The van der Waals surface area contributed by atoms with E-state index in [2.05, 4.69) is 0 Å². The van der Waals surface area contributed by atoms with Crippen molar-refractivity contribution in [2.45, 2.75) is 6.42 Å². The van der Waals surface area contributed by atoms with Crippen molar-refractivity contribution in [2.24, 2.45) is 0 Å². The third-order valence-corrected chi connectivity index (χ3v) is 3.14. The monoisotopic (exact) mass is 324 g/mol. The summed E-state index contributed by atoms with van der Waals surface area (Å²) in [6.07, 6.45) is 4.98. The molecule has 5 nitrogen and oxygen atoms in total. The Kier molecular flexibility index (Phi) is 5.52. The molecule has 2 aromatic carbocycles. The minimum absolute atomic E-state index is 0.0370. The van der Waals surface area contributed by atoms with Crippen molar-refractivity contribution in [3.63, 3.8) is 0 Å². The first-order valence-corrected chi connectivity index (χ1v) is 7.17. The summed E-state index contributed by atoms with van der Waals surface area (Å²) in [6.45, 7) is 0. The van der Waals surface area contributed by atoms with Crippen molar-refractivity contribution in [1.29, 1.82) is 0 Å². The van der Waals surface area contributed by atoms with Gasteiger partial charge in [-0.2, -0.15) is 0 Å². The van der Waals surface area contributed by atoms with Crippen molar-refractivity contribution in [1.82, 2.24) is 0 Å². The molecule has 0 saturated carbocycles. The molecule has 0 saturated heterocycles. The van der Waals surface area contributed by atoms with Gasteiger partial charge in [0.15, 0.2) is 11.6 Å². The van der Waals surface area contributed by atoms with Gasteiger partial charge in [-0.1, -0.05) is 18.2 Å². The van der Waals surface area contributed by atoms with Crippen LogP contribution in [-0.4, -0.2) is 26.9 Å². The third-order valence-electron chi connectivity index (χ3n) is 3.14. The van der Waals surface area contributed by atoms with E-state index >= 15 is 0 Å². The number of phenols is 3. The van der Waals surface area contributed by atoms with Gasteiger partial charge in [0, 0.05) is 5.56 Å². The molecule has 0 amide bonds. The summed E-state index contributed by atoms with van der Waals surface area (Å²) in [7, 11) is 0. The molecule has 0 unspecified atom stereocenters. The maximum absolute atomic E-state index is 11.8. The largest absolute Gasteiger partial charge is 0.508 e. The summed E-state index contributed by atoms with van der Waals surface area (Å²) < 4.78 is 0. The van der Waals surface area contributed by atoms with Gasteiger partial charge in [0.2, 0.25) is 0 Å². The van der Waals surface area contributed by atoms with Crippen molar-refractivity contribution in [3.8, 4) is 17.2 Å². The number of ketones is 2. The Bertz CT molecular complexity index is 818. The molecule has 0 radical (unpaired) electrons. The molecule has 0 atom stereocenters. The average Bonchev–Trinajstić information content (AvgIpc) is 2.54. The number of hydrogen-bond acceptors (Lipinski definition) is 5. The highest BCUT2D eigenvalue weighted by Crippen LogP contribution is 2.23. The van der Waals surface area contributed by atoms with Crippen LogP contribution in [0.25, 0.3) is 12.2 Å². The van der Waals surface area contributed by atoms with Crippen LogP contribution in [0.3, 0.4) is 0 Å². The van der Waals surface area contributed by atoms with Crippen LogP contribution in [0.4, 0.5) is 0 Å². The van der Waals surface area contributed by atoms with Gasteiger partial charge < -0.3 is 15.3 Å². The van der Waals surface area contributed by atoms with E-state index < -0.39 is 5.78 Å². The second-order valence-electron chi connectivity index (χ2n) is 5.11. The van der Waals surface area contributed by atoms with Crippen LogP contribution in [0.2, 0.25) is 0 Å². The third kappa shape index (κ3) is 5.14. The number of rotatable bonds is 6. The lowest BCUT2D eigenvalue weighted by molar-refractivity contribution is -0.121. The Morgan fingerprint density at radius 1 is 0.833 bits per heavy atom. The first kappa shape index (κ1) is 17.0. The van der Waals surface area contributed by atoms with Crippen molar-refractivity contribution in [2.75, 3.05) is 0 Å². The van der Waals surface area contributed by atoms with Gasteiger partial charge >= 0.3 is 0 Å². The molecule has 0 aliphatic rings. The topological polar surface area (TPSA) is 94.8 Å². The molecular formula is C19H16O5. The highest BCUT2D eigenvalue weighted by atomic mass is 16.3. The second-order valence-corrected chi connectivity index (χ2v) is 5.11. The van der Waals surface area contributed by atoms with E-state index in [1.54, 1.807) is 12.1 Å². The molecule has 2 rings (SSSR count). The van der Waals surface area contributed by atoms with Crippen LogP contribution in [0, 0.1) is 0 Å². The lowest BCUT2D eigenvalue weighted by Crippen LogP contribution is -2.01. The fourth-order valence-electron chi connectivity index (χ4n) is 1.97. The number of carbonyl (C=O) groups excluding carboxylic acids is 2. The summed E-state index contributed by atoms with van der Waals surface area (Å²) in [5.74, 6) is -0.831. The number of benzene rings is 2. The zero-order valence-electron chi connectivity index (χ0n) is 12.7. The van der Waals surface area contributed by atoms with Crippen LogP contribution in [0.1, 0.15) is 17.5 Å². The van der Waals surface area contributed by atoms with E-state index in [0.29, 0.717) is 5.56 Å². The van der Waals surface area contributed by atoms with E-state index in [-0.39, 0.29) is 35.0 Å². The molecule has 0 spiro atoms. The SMILES string of the molecule is O=C(/C=C/c1cccc(O)c1)CC(=O)/C=C/c1cc(O)ccc1O. The Morgan fingerprint density at radius 2 is 1.50 bits per heavy atom. The van der Waals surface area contributed by atoms with E-state index in [1.165, 1.54) is 54.6 Å². The standard InChI is InChI=1S/C19H16O5/c20-15-3-1-2-13(10-15)4-6-17(22)12-18(23)7-5-14-11-16(21)8-9-19(14)24/h1-11,20-21,24H,12H2/b6-4+,7-5+. The van der Waals surface area contributed by atoms with E-state index in [1.807, 2.05) is 0 Å². The van der Waals surface area contributed by atoms with Gasteiger partial charge in [-0.3, -0.25) is 9.59 Å². The highest BCUT2D eigenvalue weighted by Gasteiger charge is 2.05. The van der Waals surface area contributed by atoms with Gasteiger partial charge in [-0.05, 0) is 54.1 Å². The van der Waals surface area contributed by atoms with Crippen LogP contribution in [0.5, 0.6) is 17.2 Å². The summed E-state index contributed by atoms with van der Waals surface area (Å²) in [5.41, 5.74) is 0.933. The molecule has 0 aromatic heterocycles. The summed E-state index contributed by atoms with van der Waals surface area (Å²) in [6, 6.07) is 10.3. The van der Waals surface area contributed by atoms with Gasteiger partial charge in [0.25, 0.3) is 0 Å². The Labute approximate surface area is 138 Å². The smallest absolute Gasteiger partial charge is 0.163 e. The van der Waals surface area contributed by atoms with Crippen molar-refractivity contribution in [3.05, 3.63) is 65.7 Å². The molecule has 0 fully saturated rings. The van der Waals surface area contributed by atoms with Crippen LogP contribution >= 0.6 is 0 Å². The molecule has 0 aliphatic heterocycles. The molecule has 5 heteroatoms. The lowest BCUT2D eigenvalue weighted by atomic mass is 10.1. The fourth-order valence-corrected chi connectivity index (χ4v) is 1.97. The molecule has 0 heterocycles. The summed E-state index contributed by atoms with van der Waals surface area (Å²) >= 11 is 0. The van der Waals surface area contributed by atoms with Crippen LogP contribution < -0.4 is 0 Å². The van der Waals surface area contributed by atoms with Crippen molar-refractivity contribution < 1.29 is 24.9 Å².